The van der Waals surface area contributed by atoms with Gasteiger partial charge in [0.25, 0.3) is 11.5 Å². The summed E-state index contributed by atoms with van der Waals surface area (Å²) < 4.78 is 0. The third-order valence-electron chi connectivity index (χ3n) is 16.3. The van der Waals surface area contributed by atoms with Gasteiger partial charge in [-0.2, -0.15) is 0 Å². The first kappa shape index (κ1) is 53.0. The molecular formula is C58H92N4O4+2. The van der Waals surface area contributed by atoms with Crippen molar-refractivity contribution in [3.63, 3.8) is 0 Å². The molecule has 2 amide bonds. The first-order chi connectivity index (χ1) is 31.5. The lowest BCUT2D eigenvalue weighted by Gasteiger charge is -2.31. The van der Waals surface area contributed by atoms with Gasteiger partial charge in [0, 0.05) is 71.2 Å². The summed E-state index contributed by atoms with van der Waals surface area (Å²) in [6.07, 6.45) is 21.7. The molecule has 4 unspecified atom stereocenters. The molecule has 0 aliphatic carbocycles. The van der Waals surface area contributed by atoms with E-state index >= 15 is 0 Å². The van der Waals surface area contributed by atoms with Gasteiger partial charge in [-0.15, -0.1) is 0 Å². The van der Waals surface area contributed by atoms with Crippen LogP contribution < -0.4 is 20.4 Å². The number of nitrogens with one attached hydrogen (secondary N) is 2. The lowest BCUT2D eigenvalue weighted by atomic mass is 9.78. The molecular weight excluding hydrogens is 817 g/mol. The van der Waals surface area contributed by atoms with E-state index < -0.39 is 0 Å². The molecule has 0 saturated carbocycles. The summed E-state index contributed by atoms with van der Waals surface area (Å²) in [7, 11) is 0. The summed E-state index contributed by atoms with van der Waals surface area (Å²) >= 11 is 0. The van der Waals surface area contributed by atoms with Crippen molar-refractivity contribution in [3.8, 4) is 33.8 Å². The highest BCUT2D eigenvalue weighted by molar-refractivity contribution is 6.09. The second-order valence-corrected chi connectivity index (χ2v) is 21.5. The highest BCUT2D eigenvalue weighted by atomic mass is 16.3. The zero-order chi connectivity index (χ0) is 48.3. The largest absolute Gasteiger partial charge is 0.458 e. The van der Waals surface area contributed by atoms with Crippen molar-refractivity contribution < 1.29 is 19.8 Å². The maximum Gasteiger partial charge on any atom is 0.290 e. The monoisotopic (exact) mass is 909 g/mol. The van der Waals surface area contributed by atoms with E-state index in [1.807, 2.05) is 0 Å². The fourth-order valence-corrected chi connectivity index (χ4v) is 11.0. The van der Waals surface area contributed by atoms with E-state index in [0.29, 0.717) is 33.6 Å². The van der Waals surface area contributed by atoms with Crippen LogP contribution in [0.3, 0.4) is 0 Å². The molecule has 0 spiro atoms. The molecule has 3 aromatic rings. The molecule has 0 bridgehead atoms. The predicted octanol–water partition coefficient (Wildman–Crippen LogP) is 15.9. The van der Waals surface area contributed by atoms with Crippen LogP contribution in [0.5, 0.6) is 11.5 Å². The zero-order valence-corrected chi connectivity index (χ0v) is 43.8. The van der Waals surface area contributed by atoms with Crippen LogP contribution in [-0.4, -0.2) is 47.2 Å². The van der Waals surface area contributed by atoms with E-state index in [9.17, 15) is 19.8 Å². The number of hydrogen-bond acceptors (Lipinski definition) is 6. The number of benzene rings is 2. The third-order valence-corrected chi connectivity index (χ3v) is 16.3. The number of rotatable bonds is 28. The molecule has 2 heterocycles. The average Bonchev–Trinajstić information content (AvgIpc) is 3.58. The van der Waals surface area contributed by atoms with Crippen molar-refractivity contribution >= 4 is 34.6 Å². The van der Waals surface area contributed by atoms with Crippen LogP contribution in [0, 0.1) is 11.8 Å². The lowest BCUT2D eigenvalue weighted by molar-refractivity contribution is -0.121. The van der Waals surface area contributed by atoms with Crippen LogP contribution in [0.15, 0.2) is 24.3 Å². The molecule has 66 heavy (non-hydrogen) atoms. The SMILES string of the molecule is CCCCCCCCN1c2cc(NC(=O)C(CC)CCCC)c(-c3c(O)[c+](-c4cc5c(cc4NC(=O)C(CC)CCCC)N(CCCCCCCC)C(C)C5(C)C)[c+]3O)cc2C(C)(C)C1C. The molecule has 5 rings (SSSR count). The van der Waals surface area contributed by atoms with Crippen LogP contribution in [0.4, 0.5) is 22.7 Å². The second kappa shape index (κ2) is 23.9. The number of aromatic hydroxyl groups is 2. The Morgan fingerprint density at radius 1 is 0.606 bits per heavy atom. The van der Waals surface area contributed by atoms with E-state index in [1.54, 1.807) is 0 Å². The average molecular weight is 909 g/mol. The number of nitrogens with zero attached hydrogens (tertiary/aromatic N) is 2. The lowest BCUT2D eigenvalue weighted by Crippen LogP contribution is -2.39. The van der Waals surface area contributed by atoms with Crippen LogP contribution in [0.25, 0.3) is 22.3 Å². The second-order valence-electron chi connectivity index (χ2n) is 21.5. The summed E-state index contributed by atoms with van der Waals surface area (Å²) in [5.74, 6) is -0.371. The van der Waals surface area contributed by atoms with Gasteiger partial charge in [-0.25, -0.2) is 0 Å². The molecule has 4 N–H and O–H groups in total. The summed E-state index contributed by atoms with van der Waals surface area (Å²) in [4.78, 5) is 33.4. The zero-order valence-electron chi connectivity index (χ0n) is 43.8. The van der Waals surface area contributed by atoms with Crippen molar-refractivity contribution in [3.05, 3.63) is 35.4 Å². The molecule has 0 saturated heterocycles. The minimum absolute atomic E-state index is 0.0185. The Balaban J connectivity index is 1.64. The summed E-state index contributed by atoms with van der Waals surface area (Å²) in [5, 5.41) is 31.7. The summed E-state index contributed by atoms with van der Waals surface area (Å²) in [6.45, 7) is 28.6. The van der Waals surface area contributed by atoms with E-state index in [2.05, 4.69) is 128 Å². The number of fused-ring (bicyclic) bond motifs is 2. The third kappa shape index (κ3) is 11.3. The Morgan fingerprint density at radius 3 is 1.45 bits per heavy atom. The molecule has 0 radical (unpaired) electrons. The van der Waals surface area contributed by atoms with Gasteiger partial charge in [0.15, 0.2) is 5.56 Å². The first-order valence-electron chi connectivity index (χ1n) is 26.9. The molecule has 2 aliphatic heterocycles. The maximum atomic E-state index is 14.2. The highest BCUT2D eigenvalue weighted by Crippen LogP contribution is 2.61. The van der Waals surface area contributed by atoms with Crippen molar-refractivity contribution in [2.75, 3.05) is 33.5 Å². The molecule has 4 atom stereocenters. The number of carbonyl (C=O) groups is 2. The number of anilines is 4. The van der Waals surface area contributed by atoms with Crippen LogP contribution in [-0.2, 0) is 20.4 Å². The standard InChI is InChI=1S/C58H90N4O4/c1-13-19-23-25-27-29-33-61-39(7)57(9,10)45-35-43(47(37-49(45)61)59-55(65)41(17-5)31-21-15-3)51-53(63)52(54(51)64)44-36-46-50(38-48(44)60-56(66)42(18-6)32-22-16-4)62(40(8)58(46,11)12)34-30-28-26-24-20-14-2/h35-42,63H,13-34H2,1-12H3,(H-2,59,60,64,65,66)/p+2. The Hall–Kier alpha value is -3.94. The van der Waals surface area contributed by atoms with Gasteiger partial charge in [-0.3, -0.25) is 14.9 Å². The topological polar surface area (TPSA) is 105 Å². The molecule has 3 aromatic carbocycles. The van der Waals surface area contributed by atoms with Gasteiger partial charge in [-0.05, 0) is 70.1 Å². The van der Waals surface area contributed by atoms with Gasteiger partial charge in [-0.1, -0.05) is 159 Å². The molecule has 366 valence electrons. The van der Waals surface area contributed by atoms with Gasteiger partial charge >= 0.3 is 0 Å². The highest BCUT2D eigenvalue weighted by Gasteiger charge is 2.50. The maximum absolute atomic E-state index is 14.2. The number of hydrogen-bond donors (Lipinski definition) is 4. The van der Waals surface area contributed by atoms with Crippen molar-refractivity contribution in [2.45, 2.75) is 234 Å². The molecule has 8 heteroatoms. The number of amides is 2. The van der Waals surface area contributed by atoms with Gasteiger partial charge in [0.1, 0.15) is 11.3 Å². The quantitative estimate of drug-likeness (QED) is 0.0427. The van der Waals surface area contributed by atoms with Crippen molar-refractivity contribution in [2.24, 2.45) is 11.8 Å². The Kier molecular flexibility index (Phi) is 19.2. The van der Waals surface area contributed by atoms with Gasteiger partial charge in [0.2, 0.25) is 22.9 Å². The van der Waals surface area contributed by atoms with E-state index in [4.69, 9.17) is 0 Å². The van der Waals surface area contributed by atoms with Gasteiger partial charge < -0.3 is 25.3 Å². The van der Waals surface area contributed by atoms with Crippen molar-refractivity contribution in [1.82, 2.24) is 0 Å². The molecule has 2 aliphatic rings. The van der Waals surface area contributed by atoms with E-state index in [0.717, 1.165) is 99.8 Å². The minimum Gasteiger partial charge on any atom is -0.458 e. The summed E-state index contributed by atoms with van der Waals surface area (Å²) in [5.41, 5.74) is 7.25. The smallest absolute Gasteiger partial charge is 0.290 e. The predicted molar refractivity (Wildman–Crippen MR) is 282 cm³/mol. The molecule has 8 nitrogen and oxygen atoms in total. The number of carbonyl (C=O) groups excluding carboxylic acids is 2. The van der Waals surface area contributed by atoms with E-state index in [1.165, 1.54) is 64.2 Å². The van der Waals surface area contributed by atoms with Crippen molar-refractivity contribution in [1.29, 1.82) is 0 Å². The fourth-order valence-electron chi connectivity index (χ4n) is 11.0. The normalized spacial score (nSPS) is 18.1. The minimum atomic E-state index is -0.224. The number of unbranched alkanes of at least 4 members (excludes halogenated alkanes) is 12. The Bertz CT molecular complexity index is 1880. The first-order valence-corrected chi connectivity index (χ1v) is 26.9. The fraction of sp³-hybridized carbons (Fsp3) is 0.690. The van der Waals surface area contributed by atoms with Gasteiger partial charge in [0.05, 0.1) is 11.4 Å². The Morgan fingerprint density at radius 2 is 1.02 bits per heavy atom. The van der Waals surface area contributed by atoms with E-state index in [-0.39, 0.29) is 58.1 Å². The van der Waals surface area contributed by atoms with Crippen LogP contribution in [0.1, 0.15) is 223 Å². The van der Waals surface area contributed by atoms with Crippen LogP contribution >= 0.6 is 0 Å². The summed E-state index contributed by atoms with van der Waals surface area (Å²) in [6, 6.07) is 8.92. The Labute approximate surface area is 401 Å². The molecule has 0 fully saturated rings. The molecule has 0 aromatic heterocycles. The van der Waals surface area contributed by atoms with Crippen LogP contribution in [0.2, 0.25) is 0 Å².